The third kappa shape index (κ3) is 4.62. The zero-order chi connectivity index (χ0) is 29.7. The number of imide groups is 1. The van der Waals surface area contributed by atoms with Crippen LogP contribution in [-0.2, 0) is 36.6 Å². The molecule has 0 bridgehead atoms. The molecule has 2 fully saturated rings. The molecule has 2 amide bonds. The fourth-order valence-electron chi connectivity index (χ4n) is 6.01. The average molecular weight is 590 g/mol. The highest BCUT2D eigenvalue weighted by atomic mass is 35.5. The molecule has 218 valence electrons. The number of anilines is 2. The van der Waals surface area contributed by atoms with Gasteiger partial charge in [-0.3, -0.25) is 33.0 Å². The molecule has 2 aromatic carbocycles. The van der Waals surface area contributed by atoms with Gasteiger partial charge in [0, 0.05) is 45.3 Å². The van der Waals surface area contributed by atoms with E-state index in [1.54, 1.807) is 19.2 Å². The van der Waals surface area contributed by atoms with Crippen LogP contribution in [0.2, 0.25) is 5.02 Å². The number of hydrogen-bond donors (Lipinski definition) is 0. The number of para-hydroxylation sites is 1. The first-order valence-corrected chi connectivity index (χ1v) is 14.4. The summed E-state index contributed by atoms with van der Waals surface area (Å²) in [7, 11) is 3.07. The van der Waals surface area contributed by atoms with Crippen LogP contribution in [0.4, 0.5) is 11.6 Å². The lowest BCUT2D eigenvalue weighted by Gasteiger charge is -2.37. The van der Waals surface area contributed by atoms with E-state index in [0.29, 0.717) is 60.5 Å². The van der Waals surface area contributed by atoms with Gasteiger partial charge in [0.1, 0.15) is 0 Å². The van der Waals surface area contributed by atoms with E-state index in [2.05, 4.69) is 9.80 Å². The number of halogens is 1. The molecular weight excluding hydrogens is 558 g/mol. The van der Waals surface area contributed by atoms with Gasteiger partial charge in [-0.15, -0.1) is 0 Å². The number of carbonyl (C=O) groups excluding carboxylic acids is 2. The van der Waals surface area contributed by atoms with Crippen LogP contribution in [0.3, 0.4) is 0 Å². The van der Waals surface area contributed by atoms with Gasteiger partial charge < -0.3 is 4.90 Å². The third-order valence-corrected chi connectivity index (χ3v) is 8.61. The number of rotatable bonds is 6. The highest BCUT2D eigenvalue weighted by Crippen LogP contribution is 2.30. The number of nitrogens with zero attached hydrogens (tertiary/aromatic N) is 7. The minimum absolute atomic E-state index is 0.143. The summed E-state index contributed by atoms with van der Waals surface area (Å²) in [6.07, 6.45) is 0.867. The normalized spacial score (nSPS) is 18.0. The lowest BCUT2D eigenvalue weighted by atomic mass is 10.1. The van der Waals surface area contributed by atoms with E-state index in [-0.39, 0.29) is 18.2 Å². The van der Waals surface area contributed by atoms with Crippen LogP contribution in [0.5, 0.6) is 0 Å². The zero-order valence-corrected chi connectivity index (χ0v) is 24.5. The third-order valence-electron chi connectivity index (χ3n) is 8.36. The van der Waals surface area contributed by atoms with E-state index in [1.165, 1.54) is 16.5 Å². The van der Waals surface area contributed by atoms with Crippen LogP contribution in [-0.4, -0.2) is 67.6 Å². The summed E-state index contributed by atoms with van der Waals surface area (Å²) < 4.78 is 4.33. The summed E-state index contributed by atoms with van der Waals surface area (Å²) >= 11 is 6.10. The molecule has 2 aliphatic rings. The zero-order valence-electron chi connectivity index (χ0n) is 23.8. The predicted octanol–water partition coefficient (Wildman–Crippen LogP) is 2.15. The van der Waals surface area contributed by atoms with E-state index in [0.717, 1.165) is 22.1 Å². The second kappa shape index (κ2) is 10.9. The highest BCUT2D eigenvalue weighted by Gasteiger charge is 2.44. The number of fused-ring (bicyclic) bond motifs is 1. The van der Waals surface area contributed by atoms with E-state index >= 15 is 0 Å². The fourth-order valence-corrected chi connectivity index (χ4v) is 6.14. The Hall–Kier alpha value is -4.22. The molecule has 1 atom stereocenters. The molecule has 6 rings (SSSR count). The molecule has 42 heavy (non-hydrogen) atoms. The molecule has 2 saturated heterocycles. The molecule has 0 saturated carbocycles. The molecular formula is C30H32ClN7O4. The van der Waals surface area contributed by atoms with E-state index in [4.69, 9.17) is 16.6 Å². The second-order valence-electron chi connectivity index (χ2n) is 10.8. The van der Waals surface area contributed by atoms with Crippen LogP contribution in [0.1, 0.15) is 24.5 Å². The molecule has 0 aliphatic carbocycles. The van der Waals surface area contributed by atoms with Crippen molar-refractivity contribution in [1.29, 1.82) is 0 Å². The second-order valence-corrected chi connectivity index (χ2v) is 11.2. The van der Waals surface area contributed by atoms with E-state index < -0.39 is 17.3 Å². The SMILES string of the molecule is CCc1ccccc1N1C(=O)CC(N2CCN(c3nc4c(c(=O)n(C)c(=O)n4C)n3Cc3ccc(Cl)cc3)CC2)C1=O. The molecule has 12 heteroatoms. The molecule has 0 radical (unpaired) electrons. The van der Waals surface area contributed by atoms with Crippen LogP contribution < -0.4 is 21.0 Å². The minimum atomic E-state index is -0.523. The first-order valence-electron chi connectivity index (χ1n) is 14.0. The molecule has 4 heterocycles. The van der Waals surface area contributed by atoms with Crippen molar-refractivity contribution in [2.75, 3.05) is 36.0 Å². The molecule has 1 unspecified atom stereocenters. The Kier molecular flexibility index (Phi) is 7.24. The summed E-state index contributed by atoms with van der Waals surface area (Å²) in [5.41, 5.74) is 2.35. The van der Waals surface area contributed by atoms with Gasteiger partial charge in [-0.25, -0.2) is 9.69 Å². The predicted molar refractivity (Wildman–Crippen MR) is 161 cm³/mol. The van der Waals surface area contributed by atoms with Crippen molar-refractivity contribution in [2.24, 2.45) is 14.1 Å². The smallest absolute Gasteiger partial charge is 0.332 e. The minimum Gasteiger partial charge on any atom is -0.340 e. The highest BCUT2D eigenvalue weighted by molar-refractivity contribution is 6.30. The van der Waals surface area contributed by atoms with Crippen LogP contribution in [0, 0.1) is 0 Å². The van der Waals surface area contributed by atoms with E-state index in [1.807, 2.05) is 47.9 Å². The van der Waals surface area contributed by atoms with E-state index in [9.17, 15) is 19.2 Å². The monoisotopic (exact) mass is 589 g/mol. The van der Waals surface area contributed by atoms with Crippen molar-refractivity contribution in [3.63, 3.8) is 0 Å². The van der Waals surface area contributed by atoms with Crippen molar-refractivity contribution < 1.29 is 9.59 Å². The average Bonchev–Trinajstić information content (AvgIpc) is 3.52. The summed E-state index contributed by atoms with van der Waals surface area (Å²) in [6.45, 7) is 4.50. The lowest BCUT2D eigenvalue weighted by Crippen LogP contribution is -2.53. The van der Waals surface area contributed by atoms with Crippen LogP contribution in [0.15, 0.2) is 58.1 Å². The van der Waals surface area contributed by atoms with Crippen LogP contribution in [0.25, 0.3) is 11.2 Å². The van der Waals surface area contributed by atoms with Crippen molar-refractivity contribution >= 4 is 46.2 Å². The Balaban J connectivity index is 1.29. The number of aromatic nitrogens is 4. The van der Waals surface area contributed by atoms with Gasteiger partial charge in [0.15, 0.2) is 11.2 Å². The van der Waals surface area contributed by atoms with Crippen molar-refractivity contribution in [3.8, 4) is 0 Å². The Bertz CT molecular complexity index is 1820. The molecule has 0 spiro atoms. The summed E-state index contributed by atoms with van der Waals surface area (Å²) in [5.74, 6) is 0.197. The number of imidazole rings is 1. The first kappa shape index (κ1) is 27.9. The Morgan fingerprint density at radius 1 is 0.905 bits per heavy atom. The number of piperazine rings is 1. The van der Waals surface area contributed by atoms with Gasteiger partial charge in [0.2, 0.25) is 11.9 Å². The topological polar surface area (TPSA) is 106 Å². The van der Waals surface area contributed by atoms with Gasteiger partial charge in [-0.05, 0) is 35.7 Å². The fraction of sp³-hybridized carbons (Fsp3) is 0.367. The van der Waals surface area contributed by atoms with Gasteiger partial charge in [-0.1, -0.05) is 48.9 Å². The number of aryl methyl sites for hydroxylation is 2. The number of hydrogen-bond acceptors (Lipinski definition) is 7. The molecule has 2 aliphatic heterocycles. The summed E-state index contributed by atoms with van der Waals surface area (Å²) in [4.78, 5) is 62.8. The van der Waals surface area contributed by atoms with Crippen molar-refractivity contribution in [2.45, 2.75) is 32.4 Å². The van der Waals surface area contributed by atoms with Crippen molar-refractivity contribution in [1.82, 2.24) is 23.6 Å². The maximum Gasteiger partial charge on any atom is 0.332 e. The van der Waals surface area contributed by atoms with Gasteiger partial charge >= 0.3 is 5.69 Å². The maximum absolute atomic E-state index is 13.5. The van der Waals surface area contributed by atoms with Gasteiger partial charge in [0.05, 0.1) is 24.7 Å². The number of amides is 2. The molecule has 11 nitrogen and oxygen atoms in total. The molecule has 2 aromatic heterocycles. The number of benzene rings is 2. The molecule has 0 N–H and O–H groups in total. The Morgan fingerprint density at radius 3 is 2.29 bits per heavy atom. The standard InChI is InChI=1S/C30H32ClN7O4/c1-4-20-7-5-6-8-22(20)38-24(39)17-23(27(38)40)35-13-15-36(16-14-35)29-32-26-25(28(41)34(3)30(42)33(26)2)37(29)18-19-9-11-21(31)12-10-19/h5-12,23H,4,13-18H2,1-3H3. The first-order chi connectivity index (χ1) is 20.2. The maximum atomic E-state index is 13.5. The van der Waals surface area contributed by atoms with Crippen molar-refractivity contribution in [3.05, 3.63) is 85.5 Å². The summed E-state index contributed by atoms with van der Waals surface area (Å²) in [6, 6.07) is 14.4. The lowest BCUT2D eigenvalue weighted by molar-refractivity contribution is -0.123. The number of carbonyl (C=O) groups is 2. The van der Waals surface area contributed by atoms with Gasteiger partial charge in [-0.2, -0.15) is 4.98 Å². The summed E-state index contributed by atoms with van der Waals surface area (Å²) in [5, 5.41) is 0.612. The quantitative estimate of drug-likeness (QED) is 0.317. The van der Waals surface area contributed by atoms with Crippen LogP contribution >= 0.6 is 11.6 Å². The van der Waals surface area contributed by atoms with Gasteiger partial charge in [0.25, 0.3) is 11.5 Å². The Labute approximate surface area is 247 Å². The molecule has 4 aromatic rings. The Morgan fingerprint density at radius 2 is 1.60 bits per heavy atom. The largest absolute Gasteiger partial charge is 0.340 e.